The van der Waals surface area contributed by atoms with Crippen molar-refractivity contribution in [2.24, 2.45) is 0 Å². The molecule has 0 aromatic carbocycles. The summed E-state index contributed by atoms with van der Waals surface area (Å²) < 4.78 is 39.1. The monoisotopic (exact) mass is 335 g/mol. The van der Waals surface area contributed by atoms with E-state index in [2.05, 4.69) is 41.6 Å². The van der Waals surface area contributed by atoms with Crippen molar-refractivity contribution in [1.82, 2.24) is 4.98 Å². The number of pyridine rings is 1. The molecular formula is C6H2Br2F3NO2. The van der Waals surface area contributed by atoms with Gasteiger partial charge in [-0.05, 0) is 31.9 Å². The number of hydrogen-bond donors (Lipinski definition) is 1. The quantitative estimate of drug-likeness (QED) is 0.856. The standard InChI is InChI=1S/C6H2Br2F3NO2/c7-2-1-12-5(4(13)3(2)8)14-6(9,10)11/h1,13H. The van der Waals surface area contributed by atoms with Gasteiger partial charge in [0, 0.05) is 6.20 Å². The van der Waals surface area contributed by atoms with E-state index in [1.54, 1.807) is 0 Å². The maximum Gasteiger partial charge on any atom is 0.574 e. The first-order valence-corrected chi connectivity index (χ1v) is 4.68. The lowest BCUT2D eigenvalue weighted by molar-refractivity contribution is -0.276. The highest BCUT2D eigenvalue weighted by atomic mass is 79.9. The van der Waals surface area contributed by atoms with Gasteiger partial charge in [-0.1, -0.05) is 0 Å². The van der Waals surface area contributed by atoms with Crippen LogP contribution >= 0.6 is 31.9 Å². The number of nitrogens with zero attached hydrogens (tertiary/aromatic N) is 1. The molecule has 1 aromatic heterocycles. The zero-order valence-corrected chi connectivity index (χ0v) is 9.44. The summed E-state index contributed by atoms with van der Waals surface area (Å²) in [6.07, 6.45) is -3.80. The van der Waals surface area contributed by atoms with Crippen LogP contribution in [0.2, 0.25) is 0 Å². The van der Waals surface area contributed by atoms with Crippen LogP contribution in [-0.2, 0) is 0 Å². The summed E-state index contributed by atoms with van der Waals surface area (Å²) in [5.41, 5.74) is 0. The smallest absolute Gasteiger partial charge is 0.502 e. The molecular weight excluding hydrogens is 335 g/mol. The highest BCUT2D eigenvalue weighted by Crippen LogP contribution is 2.39. The van der Waals surface area contributed by atoms with E-state index < -0.39 is 18.0 Å². The van der Waals surface area contributed by atoms with E-state index in [4.69, 9.17) is 0 Å². The molecule has 0 saturated heterocycles. The molecule has 0 atom stereocenters. The van der Waals surface area contributed by atoms with E-state index in [1.807, 2.05) is 0 Å². The van der Waals surface area contributed by atoms with Crippen LogP contribution in [0.25, 0.3) is 0 Å². The number of rotatable bonds is 1. The van der Waals surface area contributed by atoms with Crippen LogP contribution in [0.5, 0.6) is 11.6 Å². The van der Waals surface area contributed by atoms with Crippen LogP contribution in [0, 0.1) is 0 Å². The molecule has 0 unspecified atom stereocenters. The normalized spacial score (nSPS) is 11.5. The van der Waals surface area contributed by atoms with E-state index in [1.165, 1.54) is 0 Å². The van der Waals surface area contributed by atoms with Gasteiger partial charge < -0.3 is 9.84 Å². The van der Waals surface area contributed by atoms with Gasteiger partial charge in [0.25, 0.3) is 5.88 Å². The average Bonchev–Trinajstić information content (AvgIpc) is 2.04. The number of aromatic hydroxyl groups is 1. The van der Waals surface area contributed by atoms with Crippen LogP contribution < -0.4 is 4.74 Å². The molecule has 0 fully saturated rings. The van der Waals surface area contributed by atoms with E-state index in [0.29, 0.717) is 4.47 Å². The van der Waals surface area contributed by atoms with Crippen molar-refractivity contribution in [3.05, 3.63) is 15.1 Å². The molecule has 0 amide bonds. The lowest BCUT2D eigenvalue weighted by atomic mass is 10.4. The van der Waals surface area contributed by atoms with Gasteiger partial charge in [-0.2, -0.15) is 0 Å². The van der Waals surface area contributed by atoms with E-state index in [9.17, 15) is 18.3 Å². The zero-order valence-electron chi connectivity index (χ0n) is 6.27. The Morgan fingerprint density at radius 2 is 1.93 bits per heavy atom. The molecule has 0 radical (unpaired) electrons. The lowest BCUT2D eigenvalue weighted by Gasteiger charge is -2.10. The van der Waals surface area contributed by atoms with Crippen LogP contribution in [0.1, 0.15) is 0 Å². The SMILES string of the molecule is Oc1c(OC(F)(F)F)ncc(Br)c1Br. The minimum absolute atomic E-state index is 0.0479. The fourth-order valence-corrected chi connectivity index (χ4v) is 1.19. The maximum absolute atomic E-state index is 11.8. The summed E-state index contributed by atoms with van der Waals surface area (Å²) >= 11 is 5.81. The predicted octanol–water partition coefficient (Wildman–Crippen LogP) is 3.21. The number of halogens is 5. The second kappa shape index (κ2) is 3.93. The van der Waals surface area contributed by atoms with Crippen LogP contribution in [0.3, 0.4) is 0 Å². The molecule has 0 bridgehead atoms. The first-order valence-electron chi connectivity index (χ1n) is 3.10. The third kappa shape index (κ3) is 2.74. The largest absolute Gasteiger partial charge is 0.574 e. The lowest BCUT2D eigenvalue weighted by Crippen LogP contribution is -2.18. The first-order chi connectivity index (χ1) is 6.31. The van der Waals surface area contributed by atoms with Crippen molar-refractivity contribution in [2.75, 3.05) is 0 Å². The van der Waals surface area contributed by atoms with Crippen molar-refractivity contribution >= 4 is 31.9 Å². The van der Waals surface area contributed by atoms with E-state index >= 15 is 0 Å². The van der Waals surface area contributed by atoms with Gasteiger partial charge in [0.2, 0.25) is 0 Å². The van der Waals surface area contributed by atoms with E-state index in [0.717, 1.165) is 6.20 Å². The molecule has 8 heteroatoms. The molecule has 0 aliphatic heterocycles. The number of ether oxygens (including phenoxy) is 1. The third-order valence-corrected chi connectivity index (χ3v) is 3.06. The molecule has 1 rings (SSSR count). The Kier molecular flexibility index (Phi) is 3.25. The maximum atomic E-state index is 11.8. The fourth-order valence-electron chi connectivity index (χ4n) is 0.624. The zero-order chi connectivity index (χ0) is 10.9. The van der Waals surface area contributed by atoms with Crippen LogP contribution in [0.4, 0.5) is 13.2 Å². The van der Waals surface area contributed by atoms with Crippen molar-refractivity contribution in [1.29, 1.82) is 0 Å². The third-order valence-electron chi connectivity index (χ3n) is 1.13. The highest BCUT2D eigenvalue weighted by Gasteiger charge is 2.33. The van der Waals surface area contributed by atoms with Gasteiger partial charge in [-0.25, -0.2) is 4.98 Å². The number of alkyl halides is 3. The van der Waals surface area contributed by atoms with Gasteiger partial charge in [0.15, 0.2) is 5.75 Å². The van der Waals surface area contributed by atoms with Gasteiger partial charge >= 0.3 is 6.36 Å². The summed E-state index contributed by atoms with van der Waals surface area (Å²) in [5.74, 6) is -1.61. The van der Waals surface area contributed by atoms with Gasteiger partial charge in [-0.3, -0.25) is 0 Å². The Morgan fingerprint density at radius 1 is 1.36 bits per heavy atom. The summed E-state index contributed by atoms with van der Waals surface area (Å²) in [6, 6.07) is 0. The van der Waals surface area contributed by atoms with Gasteiger partial charge in [0.1, 0.15) is 0 Å². The van der Waals surface area contributed by atoms with Crippen LogP contribution in [-0.4, -0.2) is 16.5 Å². The number of hydrogen-bond acceptors (Lipinski definition) is 3. The summed E-state index contributed by atoms with van der Waals surface area (Å²) in [7, 11) is 0. The van der Waals surface area contributed by atoms with Crippen molar-refractivity contribution in [3.63, 3.8) is 0 Å². The summed E-state index contributed by atoms with van der Waals surface area (Å²) in [6.45, 7) is 0. The second-order valence-corrected chi connectivity index (χ2v) is 3.77. The molecule has 3 nitrogen and oxygen atoms in total. The predicted molar refractivity (Wildman–Crippen MR) is 48.0 cm³/mol. The van der Waals surface area contributed by atoms with Crippen molar-refractivity contribution in [2.45, 2.75) is 6.36 Å². The summed E-state index contributed by atoms with van der Waals surface area (Å²) in [5, 5.41) is 9.18. The van der Waals surface area contributed by atoms with Crippen LogP contribution in [0.15, 0.2) is 15.1 Å². The minimum atomic E-state index is -4.88. The highest BCUT2D eigenvalue weighted by molar-refractivity contribution is 9.13. The summed E-state index contributed by atoms with van der Waals surface area (Å²) in [4.78, 5) is 3.25. The average molecular weight is 337 g/mol. The molecule has 0 saturated carbocycles. The molecule has 0 aliphatic carbocycles. The molecule has 14 heavy (non-hydrogen) atoms. The Bertz CT molecular complexity index is 356. The molecule has 1 aromatic rings. The Morgan fingerprint density at radius 3 is 2.43 bits per heavy atom. The number of aromatic nitrogens is 1. The first kappa shape index (κ1) is 11.6. The molecule has 0 spiro atoms. The molecule has 1 N–H and O–H groups in total. The van der Waals surface area contributed by atoms with Gasteiger partial charge in [0.05, 0.1) is 8.95 Å². The Hall–Kier alpha value is -0.500. The van der Waals surface area contributed by atoms with Crippen molar-refractivity contribution in [3.8, 4) is 11.6 Å². The van der Waals surface area contributed by atoms with Gasteiger partial charge in [-0.15, -0.1) is 13.2 Å². The van der Waals surface area contributed by atoms with E-state index in [-0.39, 0.29) is 4.47 Å². The second-order valence-electron chi connectivity index (χ2n) is 2.12. The topological polar surface area (TPSA) is 42.4 Å². The van der Waals surface area contributed by atoms with Crippen molar-refractivity contribution < 1.29 is 23.0 Å². The molecule has 78 valence electrons. The Balaban J connectivity index is 3.06. The minimum Gasteiger partial charge on any atom is -0.502 e. The molecule has 0 aliphatic rings. The fraction of sp³-hybridized carbons (Fsp3) is 0.167. The Labute approximate surface area is 93.2 Å². The molecule has 1 heterocycles.